The van der Waals surface area contributed by atoms with Gasteiger partial charge in [0.1, 0.15) is 5.82 Å². The number of carboxylic acids is 1. The first-order valence-corrected chi connectivity index (χ1v) is 11.4. The summed E-state index contributed by atoms with van der Waals surface area (Å²) >= 11 is 5.91. The SMILES string of the molecule is CCC(c1ccccc1)N(Cc1ccc(C(=O)O)cc1F)S(=O)(=O)c1ccc(Cl)cc1. The van der Waals surface area contributed by atoms with Crippen LogP contribution in [0.5, 0.6) is 0 Å². The third-order valence-electron chi connectivity index (χ3n) is 4.97. The first-order chi connectivity index (χ1) is 14.7. The molecule has 0 radical (unpaired) electrons. The lowest BCUT2D eigenvalue weighted by Gasteiger charge is -2.31. The number of halogens is 2. The number of rotatable bonds is 8. The standard InChI is InChI=1S/C23H21ClFNO4S/c1-2-22(16-6-4-3-5-7-16)26(31(29,30)20-12-10-19(24)11-13-20)15-18-9-8-17(23(27)28)14-21(18)25/h3-14,22H,2,15H2,1H3,(H,27,28). The fraction of sp³-hybridized carbons (Fsp3) is 0.174. The summed E-state index contributed by atoms with van der Waals surface area (Å²) < 4.78 is 43.1. The Hall–Kier alpha value is -2.74. The Balaban J connectivity index is 2.10. The Morgan fingerprint density at radius 3 is 2.26 bits per heavy atom. The highest BCUT2D eigenvalue weighted by molar-refractivity contribution is 7.89. The molecule has 0 aliphatic rings. The summed E-state index contributed by atoms with van der Waals surface area (Å²) in [6, 6.07) is 17.8. The third-order valence-corrected chi connectivity index (χ3v) is 7.09. The van der Waals surface area contributed by atoms with Crippen LogP contribution < -0.4 is 0 Å². The van der Waals surface area contributed by atoms with Gasteiger partial charge in [0.25, 0.3) is 0 Å². The Kier molecular flexibility index (Phi) is 7.10. The van der Waals surface area contributed by atoms with Crippen LogP contribution >= 0.6 is 11.6 Å². The zero-order valence-electron chi connectivity index (χ0n) is 16.7. The van der Waals surface area contributed by atoms with Gasteiger partial charge in [-0.2, -0.15) is 4.31 Å². The van der Waals surface area contributed by atoms with Crippen LogP contribution in [-0.2, 0) is 16.6 Å². The van der Waals surface area contributed by atoms with E-state index in [0.29, 0.717) is 11.4 Å². The van der Waals surface area contributed by atoms with Gasteiger partial charge in [-0.05, 0) is 48.4 Å². The molecule has 1 unspecified atom stereocenters. The molecule has 8 heteroatoms. The molecule has 3 rings (SSSR count). The molecular weight excluding hydrogens is 441 g/mol. The normalized spacial score (nSPS) is 12.6. The van der Waals surface area contributed by atoms with Gasteiger partial charge in [-0.3, -0.25) is 0 Å². The van der Waals surface area contributed by atoms with Gasteiger partial charge in [0, 0.05) is 17.1 Å². The number of nitrogens with zero attached hydrogens (tertiary/aromatic N) is 1. The second kappa shape index (κ2) is 9.60. The number of aromatic carboxylic acids is 1. The summed E-state index contributed by atoms with van der Waals surface area (Å²) in [5.41, 5.74) is 0.644. The molecule has 3 aromatic carbocycles. The maximum Gasteiger partial charge on any atom is 0.335 e. The Bertz CT molecular complexity index is 1170. The molecular formula is C23H21ClFNO4S. The molecule has 0 saturated heterocycles. The molecule has 0 aliphatic carbocycles. The van der Waals surface area contributed by atoms with E-state index in [1.165, 1.54) is 40.7 Å². The Morgan fingerprint density at radius 2 is 1.71 bits per heavy atom. The molecule has 162 valence electrons. The molecule has 0 amide bonds. The Morgan fingerprint density at radius 1 is 1.06 bits per heavy atom. The average molecular weight is 462 g/mol. The topological polar surface area (TPSA) is 74.7 Å². The molecule has 0 aromatic heterocycles. The molecule has 3 aromatic rings. The van der Waals surface area contributed by atoms with E-state index in [1.54, 1.807) is 0 Å². The van der Waals surface area contributed by atoms with E-state index in [2.05, 4.69) is 0 Å². The van der Waals surface area contributed by atoms with Gasteiger partial charge < -0.3 is 5.11 Å². The molecule has 31 heavy (non-hydrogen) atoms. The van der Waals surface area contributed by atoms with E-state index in [1.807, 2.05) is 37.3 Å². The maximum atomic E-state index is 14.7. The second-order valence-electron chi connectivity index (χ2n) is 6.95. The van der Waals surface area contributed by atoms with Crippen molar-refractivity contribution in [3.8, 4) is 0 Å². The molecule has 0 bridgehead atoms. The molecule has 0 spiro atoms. The van der Waals surface area contributed by atoms with E-state index in [-0.39, 0.29) is 22.6 Å². The zero-order valence-corrected chi connectivity index (χ0v) is 18.3. The monoisotopic (exact) mass is 461 g/mol. The highest BCUT2D eigenvalue weighted by Crippen LogP contribution is 2.33. The van der Waals surface area contributed by atoms with Crippen molar-refractivity contribution < 1.29 is 22.7 Å². The van der Waals surface area contributed by atoms with Crippen LogP contribution in [0.2, 0.25) is 5.02 Å². The highest BCUT2D eigenvalue weighted by Gasteiger charge is 2.32. The lowest BCUT2D eigenvalue weighted by atomic mass is 10.0. The number of sulfonamides is 1. The van der Waals surface area contributed by atoms with E-state index in [9.17, 15) is 17.6 Å². The zero-order chi connectivity index (χ0) is 22.6. The number of hydrogen-bond donors (Lipinski definition) is 1. The maximum absolute atomic E-state index is 14.7. The fourth-order valence-corrected chi connectivity index (χ4v) is 5.15. The molecule has 1 N–H and O–H groups in total. The minimum absolute atomic E-state index is 0.0360. The predicted molar refractivity (Wildman–Crippen MR) is 117 cm³/mol. The quantitative estimate of drug-likeness (QED) is 0.479. The highest BCUT2D eigenvalue weighted by atomic mass is 35.5. The van der Waals surface area contributed by atoms with Gasteiger partial charge in [0.15, 0.2) is 0 Å². The van der Waals surface area contributed by atoms with Crippen molar-refractivity contribution in [1.29, 1.82) is 0 Å². The molecule has 0 saturated carbocycles. The first kappa shape index (κ1) is 22.9. The van der Waals surface area contributed by atoms with Crippen LogP contribution in [0.3, 0.4) is 0 Å². The number of benzene rings is 3. The van der Waals surface area contributed by atoms with Gasteiger partial charge >= 0.3 is 5.97 Å². The smallest absolute Gasteiger partial charge is 0.335 e. The predicted octanol–water partition coefficient (Wildman–Crippen LogP) is 5.52. The van der Waals surface area contributed by atoms with Crippen LogP contribution in [0.25, 0.3) is 0 Å². The van der Waals surface area contributed by atoms with Crippen LogP contribution in [0.4, 0.5) is 4.39 Å². The van der Waals surface area contributed by atoms with E-state index in [0.717, 1.165) is 11.6 Å². The van der Waals surface area contributed by atoms with Crippen molar-refractivity contribution in [3.63, 3.8) is 0 Å². The third kappa shape index (κ3) is 5.12. The van der Waals surface area contributed by atoms with Gasteiger partial charge in [-0.1, -0.05) is 54.9 Å². The molecule has 5 nitrogen and oxygen atoms in total. The van der Waals surface area contributed by atoms with Crippen molar-refractivity contribution in [2.45, 2.75) is 30.8 Å². The van der Waals surface area contributed by atoms with E-state index < -0.39 is 27.9 Å². The van der Waals surface area contributed by atoms with E-state index >= 15 is 0 Å². The number of carboxylic acid groups (broad SMARTS) is 1. The molecule has 0 fully saturated rings. The summed E-state index contributed by atoms with van der Waals surface area (Å²) in [5, 5.41) is 9.47. The molecule has 0 aliphatic heterocycles. The minimum atomic E-state index is -4.03. The van der Waals surface area contributed by atoms with Crippen LogP contribution in [0.1, 0.15) is 40.9 Å². The van der Waals surface area contributed by atoms with Crippen LogP contribution in [0.15, 0.2) is 77.7 Å². The van der Waals surface area contributed by atoms with Gasteiger partial charge in [0.2, 0.25) is 10.0 Å². The lowest BCUT2D eigenvalue weighted by Crippen LogP contribution is -2.34. The van der Waals surface area contributed by atoms with Crippen LogP contribution in [0, 0.1) is 5.82 Å². The summed E-state index contributed by atoms with van der Waals surface area (Å²) in [7, 11) is -4.03. The lowest BCUT2D eigenvalue weighted by molar-refractivity contribution is 0.0696. The minimum Gasteiger partial charge on any atom is -0.478 e. The summed E-state index contributed by atoms with van der Waals surface area (Å²) in [6.45, 7) is 1.59. The summed E-state index contributed by atoms with van der Waals surface area (Å²) in [4.78, 5) is 11.2. The van der Waals surface area contributed by atoms with Crippen molar-refractivity contribution in [1.82, 2.24) is 4.31 Å². The van der Waals surface area contributed by atoms with Crippen molar-refractivity contribution in [2.75, 3.05) is 0 Å². The van der Waals surface area contributed by atoms with E-state index in [4.69, 9.17) is 16.7 Å². The molecule has 0 heterocycles. The van der Waals surface area contributed by atoms with Gasteiger partial charge in [0.05, 0.1) is 16.5 Å². The number of carbonyl (C=O) groups is 1. The summed E-state index contributed by atoms with van der Waals surface area (Å²) in [6.07, 6.45) is 0.450. The second-order valence-corrected chi connectivity index (χ2v) is 9.28. The van der Waals surface area contributed by atoms with Gasteiger partial charge in [-0.25, -0.2) is 17.6 Å². The van der Waals surface area contributed by atoms with Crippen molar-refractivity contribution in [3.05, 3.63) is 100 Å². The number of hydrogen-bond acceptors (Lipinski definition) is 3. The van der Waals surface area contributed by atoms with Gasteiger partial charge in [-0.15, -0.1) is 0 Å². The summed E-state index contributed by atoms with van der Waals surface area (Å²) in [5.74, 6) is -2.04. The Labute approximate surface area is 185 Å². The van der Waals surface area contributed by atoms with Crippen LogP contribution in [-0.4, -0.2) is 23.8 Å². The van der Waals surface area contributed by atoms with Crippen molar-refractivity contribution >= 4 is 27.6 Å². The average Bonchev–Trinajstić information content (AvgIpc) is 2.75. The molecule has 1 atom stereocenters. The van der Waals surface area contributed by atoms with Crippen molar-refractivity contribution in [2.24, 2.45) is 0 Å². The first-order valence-electron chi connectivity index (χ1n) is 9.58. The largest absolute Gasteiger partial charge is 0.478 e. The fourth-order valence-electron chi connectivity index (χ4n) is 3.36.